The van der Waals surface area contributed by atoms with Crippen molar-refractivity contribution in [3.05, 3.63) is 18.0 Å². The molecule has 156 valence electrons. The van der Waals surface area contributed by atoms with Gasteiger partial charge in [0.15, 0.2) is 5.96 Å². The highest BCUT2D eigenvalue weighted by molar-refractivity contribution is 14.0. The van der Waals surface area contributed by atoms with Crippen LogP contribution < -0.4 is 5.32 Å². The molecule has 6 nitrogen and oxygen atoms in total. The van der Waals surface area contributed by atoms with E-state index >= 15 is 0 Å². The Morgan fingerprint density at radius 3 is 2.78 bits per heavy atom. The molecule has 0 amide bonds. The van der Waals surface area contributed by atoms with E-state index in [4.69, 9.17) is 0 Å². The highest BCUT2D eigenvalue weighted by atomic mass is 127. The fourth-order valence-corrected chi connectivity index (χ4v) is 3.21. The van der Waals surface area contributed by atoms with Gasteiger partial charge in [-0.15, -0.1) is 24.0 Å². The van der Waals surface area contributed by atoms with Crippen LogP contribution in [-0.2, 0) is 7.05 Å². The van der Waals surface area contributed by atoms with Gasteiger partial charge in [-0.05, 0) is 38.9 Å². The zero-order valence-electron chi connectivity index (χ0n) is 16.2. The summed E-state index contributed by atoms with van der Waals surface area (Å²) in [6, 6.07) is 0. The van der Waals surface area contributed by atoms with Crippen LogP contribution in [0.1, 0.15) is 31.2 Å². The topological polar surface area (TPSA) is 48.7 Å². The maximum atomic E-state index is 12.3. The van der Waals surface area contributed by atoms with Crippen molar-refractivity contribution < 1.29 is 13.2 Å². The summed E-state index contributed by atoms with van der Waals surface area (Å²) in [4.78, 5) is 8.11. The minimum atomic E-state index is -4.15. The third-order valence-corrected chi connectivity index (χ3v) is 4.43. The van der Waals surface area contributed by atoms with E-state index in [1.807, 2.05) is 24.9 Å². The number of rotatable bonds is 7. The maximum Gasteiger partial charge on any atom is 0.401 e. The summed E-state index contributed by atoms with van der Waals surface area (Å²) in [6.07, 6.45) is 1.46. The first kappa shape index (κ1) is 24.0. The van der Waals surface area contributed by atoms with Crippen LogP contribution in [0.3, 0.4) is 0 Å². The highest BCUT2D eigenvalue weighted by Crippen LogP contribution is 2.26. The molecule has 0 spiro atoms. The molecule has 27 heavy (non-hydrogen) atoms. The van der Waals surface area contributed by atoms with Crippen molar-refractivity contribution in [1.82, 2.24) is 24.9 Å². The second kappa shape index (κ2) is 11.1. The second-order valence-electron chi connectivity index (χ2n) is 6.82. The monoisotopic (exact) mass is 502 g/mol. The SMILES string of the molecule is CCNC(=NCCCN(C)CC(F)(F)F)N1CCC(c2cnn(C)c2)C1.I. The summed E-state index contributed by atoms with van der Waals surface area (Å²) >= 11 is 0. The fourth-order valence-electron chi connectivity index (χ4n) is 3.21. The zero-order chi connectivity index (χ0) is 19.2. The molecule has 1 fully saturated rings. The van der Waals surface area contributed by atoms with Crippen molar-refractivity contribution >= 4 is 29.9 Å². The Balaban J connectivity index is 0.00000364. The molecule has 2 heterocycles. The summed E-state index contributed by atoms with van der Waals surface area (Å²) in [5, 5.41) is 7.53. The lowest BCUT2D eigenvalue weighted by atomic mass is 10.0. The van der Waals surface area contributed by atoms with E-state index in [1.165, 1.54) is 17.5 Å². The summed E-state index contributed by atoms with van der Waals surface area (Å²) in [7, 11) is 3.40. The summed E-state index contributed by atoms with van der Waals surface area (Å²) in [5.74, 6) is 1.28. The van der Waals surface area contributed by atoms with E-state index in [0.717, 1.165) is 32.0 Å². The molecule has 0 aromatic carbocycles. The van der Waals surface area contributed by atoms with Gasteiger partial charge in [0.25, 0.3) is 0 Å². The minimum Gasteiger partial charge on any atom is -0.357 e. The maximum absolute atomic E-state index is 12.3. The van der Waals surface area contributed by atoms with Gasteiger partial charge < -0.3 is 10.2 Å². The lowest BCUT2D eigenvalue weighted by Gasteiger charge is -2.22. The molecule has 1 N–H and O–H groups in total. The predicted molar refractivity (Wildman–Crippen MR) is 112 cm³/mol. The predicted octanol–water partition coefficient (Wildman–Crippen LogP) is 2.68. The fraction of sp³-hybridized carbons (Fsp3) is 0.765. The third kappa shape index (κ3) is 8.24. The molecule has 2 rings (SSSR count). The number of nitrogens with zero attached hydrogens (tertiary/aromatic N) is 5. The van der Waals surface area contributed by atoms with Crippen LogP contribution >= 0.6 is 24.0 Å². The number of alkyl halides is 3. The normalized spacial score (nSPS) is 18.1. The molecule has 1 saturated heterocycles. The Morgan fingerprint density at radius 1 is 1.44 bits per heavy atom. The molecule has 1 aliphatic rings. The zero-order valence-corrected chi connectivity index (χ0v) is 18.5. The number of guanidine groups is 1. The number of hydrogen-bond acceptors (Lipinski definition) is 3. The van der Waals surface area contributed by atoms with Crippen LogP contribution in [0.4, 0.5) is 13.2 Å². The Hall–Kier alpha value is -1.04. The van der Waals surface area contributed by atoms with Crippen molar-refractivity contribution in [3.63, 3.8) is 0 Å². The molecule has 0 bridgehead atoms. The number of aromatic nitrogens is 2. The van der Waals surface area contributed by atoms with Crippen molar-refractivity contribution in [2.45, 2.75) is 31.9 Å². The van der Waals surface area contributed by atoms with Crippen LogP contribution in [0.2, 0.25) is 0 Å². The first-order chi connectivity index (χ1) is 12.3. The van der Waals surface area contributed by atoms with Gasteiger partial charge in [0.1, 0.15) is 0 Å². The van der Waals surface area contributed by atoms with Crippen LogP contribution in [0.5, 0.6) is 0 Å². The van der Waals surface area contributed by atoms with Gasteiger partial charge in [-0.25, -0.2) is 0 Å². The number of aryl methyl sites for hydroxylation is 1. The lowest BCUT2D eigenvalue weighted by molar-refractivity contribution is -0.143. The molecular weight excluding hydrogens is 472 g/mol. The summed E-state index contributed by atoms with van der Waals surface area (Å²) in [6.45, 7) is 4.59. The van der Waals surface area contributed by atoms with Crippen molar-refractivity contribution in [2.24, 2.45) is 12.0 Å². The van der Waals surface area contributed by atoms with Gasteiger partial charge >= 0.3 is 6.18 Å². The van der Waals surface area contributed by atoms with E-state index in [-0.39, 0.29) is 24.0 Å². The quantitative estimate of drug-likeness (QED) is 0.270. The first-order valence-electron chi connectivity index (χ1n) is 9.05. The van der Waals surface area contributed by atoms with E-state index < -0.39 is 12.7 Å². The van der Waals surface area contributed by atoms with Gasteiger partial charge in [0.05, 0.1) is 12.7 Å². The van der Waals surface area contributed by atoms with Crippen LogP contribution in [0.15, 0.2) is 17.4 Å². The van der Waals surface area contributed by atoms with Gasteiger partial charge in [0, 0.05) is 45.3 Å². The molecular formula is C17H30F3IN6. The van der Waals surface area contributed by atoms with Crippen molar-refractivity contribution in [2.75, 3.05) is 46.3 Å². The van der Waals surface area contributed by atoms with E-state index in [9.17, 15) is 13.2 Å². The van der Waals surface area contributed by atoms with Crippen molar-refractivity contribution in [3.8, 4) is 0 Å². The Labute approximate surface area is 176 Å². The van der Waals surface area contributed by atoms with Crippen LogP contribution in [-0.4, -0.2) is 78.0 Å². The Bertz CT molecular complexity index is 589. The molecule has 1 aromatic heterocycles. The molecule has 1 atom stereocenters. The number of nitrogens with one attached hydrogen (secondary N) is 1. The van der Waals surface area contributed by atoms with Crippen molar-refractivity contribution in [1.29, 1.82) is 0 Å². The molecule has 1 aliphatic heterocycles. The average Bonchev–Trinajstić information content (AvgIpc) is 3.17. The standard InChI is InChI=1S/C17H29F3N6.HI/c1-4-21-16(22-7-5-8-24(2)13-17(18,19)20)26-9-6-14(12-26)15-10-23-25(3)11-15;/h10-11,14H,4-9,12-13H2,1-3H3,(H,21,22);1H. The molecule has 1 aromatic rings. The van der Waals surface area contributed by atoms with E-state index in [0.29, 0.717) is 25.4 Å². The van der Waals surface area contributed by atoms with Crippen LogP contribution in [0, 0.1) is 0 Å². The van der Waals surface area contributed by atoms with Gasteiger partial charge in [-0.1, -0.05) is 0 Å². The highest BCUT2D eigenvalue weighted by Gasteiger charge is 2.29. The Kier molecular flexibility index (Phi) is 9.85. The van der Waals surface area contributed by atoms with E-state index in [1.54, 1.807) is 0 Å². The number of aliphatic imine (C=N–C) groups is 1. The van der Waals surface area contributed by atoms with Gasteiger partial charge in [-0.3, -0.25) is 14.6 Å². The first-order valence-corrected chi connectivity index (χ1v) is 9.05. The minimum absolute atomic E-state index is 0. The van der Waals surface area contributed by atoms with E-state index in [2.05, 4.69) is 26.5 Å². The number of halogens is 4. The summed E-state index contributed by atoms with van der Waals surface area (Å²) < 4.78 is 38.8. The number of likely N-dealkylation sites (tertiary alicyclic amines) is 1. The largest absolute Gasteiger partial charge is 0.401 e. The molecule has 0 aliphatic carbocycles. The van der Waals surface area contributed by atoms with Gasteiger partial charge in [0.2, 0.25) is 0 Å². The molecule has 10 heteroatoms. The third-order valence-electron chi connectivity index (χ3n) is 4.43. The number of hydrogen-bond donors (Lipinski definition) is 1. The molecule has 1 unspecified atom stereocenters. The van der Waals surface area contributed by atoms with Crippen LogP contribution in [0.25, 0.3) is 0 Å². The molecule has 0 saturated carbocycles. The van der Waals surface area contributed by atoms with Gasteiger partial charge in [-0.2, -0.15) is 18.3 Å². The Morgan fingerprint density at radius 2 is 2.19 bits per heavy atom. The smallest absolute Gasteiger partial charge is 0.357 e. The second-order valence-corrected chi connectivity index (χ2v) is 6.82. The lowest BCUT2D eigenvalue weighted by Crippen LogP contribution is -2.40. The summed E-state index contributed by atoms with van der Waals surface area (Å²) in [5.41, 5.74) is 1.24. The molecule has 0 radical (unpaired) electrons. The average molecular weight is 502 g/mol.